The second-order valence-electron chi connectivity index (χ2n) is 10.9. The Morgan fingerprint density at radius 1 is 0.950 bits per heavy atom. The maximum Gasteiger partial charge on any atom is 0.348 e. The van der Waals surface area contributed by atoms with Crippen molar-refractivity contribution >= 4 is 5.97 Å². The van der Waals surface area contributed by atoms with Gasteiger partial charge >= 0.3 is 5.97 Å². The van der Waals surface area contributed by atoms with Crippen LogP contribution in [0.3, 0.4) is 0 Å². The predicted molar refractivity (Wildman–Crippen MR) is 157 cm³/mol. The van der Waals surface area contributed by atoms with Crippen molar-refractivity contribution in [1.29, 1.82) is 0 Å². The van der Waals surface area contributed by atoms with Crippen LogP contribution < -0.4 is 18.9 Å². The molecule has 6 heteroatoms. The van der Waals surface area contributed by atoms with E-state index in [9.17, 15) is 9.90 Å². The van der Waals surface area contributed by atoms with Crippen LogP contribution in [-0.2, 0) is 24.1 Å². The number of aryl methyl sites for hydroxylation is 2. The fourth-order valence-electron chi connectivity index (χ4n) is 5.03. The third-order valence-electron chi connectivity index (χ3n) is 7.27. The average Bonchev–Trinajstić information content (AvgIpc) is 2.94. The highest BCUT2D eigenvalue weighted by molar-refractivity contribution is 5.78. The molecule has 1 aliphatic rings. The first kappa shape index (κ1) is 29.3. The second kappa shape index (κ2) is 13.6. The summed E-state index contributed by atoms with van der Waals surface area (Å²) in [5.41, 5.74) is 2.30. The van der Waals surface area contributed by atoms with Crippen molar-refractivity contribution in [3.63, 3.8) is 0 Å². The summed E-state index contributed by atoms with van der Waals surface area (Å²) in [6.45, 7) is 9.45. The summed E-state index contributed by atoms with van der Waals surface area (Å²) in [6.07, 6.45) is 5.25. The Morgan fingerprint density at radius 3 is 2.38 bits per heavy atom. The normalized spacial score (nSPS) is 16.2. The van der Waals surface area contributed by atoms with Gasteiger partial charge in [-0.15, -0.1) is 0 Å². The minimum atomic E-state index is -1.16. The lowest BCUT2D eigenvalue weighted by molar-refractivity contribution is -0.157. The molecule has 1 aliphatic heterocycles. The largest absolute Gasteiger partial charge is 0.493 e. The average molecular weight is 547 g/mol. The number of hydrogen-bond donors (Lipinski definition) is 1. The van der Waals surface area contributed by atoms with Crippen LogP contribution in [0.15, 0.2) is 60.7 Å². The number of fused-ring (bicyclic) bond motifs is 1. The second-order valence-corrected chi connectivity index (χ2v) is 10.9. The van der Waals surface area contributed by atoms with Crippen LogP contribution in [0.25, 0.3) is 0 Å². The van der Waals surface area contributed by atoms with Crippen molar-refractivity contribution in [2.24, 2.45) is 5.92 Å². The van der Waals surface area contributed by atoms with Crippen molar-refractivity contribution in [1.82, 2.24) is 0 Å². The molecular weight excluding hydrogens is 504 g/mol. The van der Waals surface area contributed by atoms with Crippen LogP contribution in [0, 0.1) is 5.92 Å². The molecule has 0 amide bonds. The number of rotatable bonds is 14. The highest BCUT2D eigenvalue weighted by Crippen LogP contribution is 2.37. The Labute approximate surface area is 238 Å². The molecule has 1 atom stereocenters. The van der Waals surface area contributed by atoms with Gasteiger partial charge < -0.3 is 24.1 Å². The number of hydrogen-bond acceptors (Lipinski definition) is 5. The molecule has 0 saturated heterocycles. The highest BCUT2D eigenvalue weighted by Gasteiger charge is 2.42. The molecule has 3 aromatic rings. The zero-order valence-corrected chi connectivity index (χ0v) is 24.2. The molecule has 0 aromatic heterocycles. The lowest BCUT2D eigenvalue weighted by atomic mass is 9.89. The summed E-state index contributed by atoms with van der Waals surface area (Å²) >= 11 is 0. The molecule has 1 heterocycles. The lowest BCUT2D eigenvalue weighted by Crippen LogP contribution is -2.46. The van der Waals surface area contributed by atoms with E-state index in [-0.39, 0.29) is 0 Å². The summed E-state index contributed by atoms with van der Waals surface area (Å²) < 4.78 is 24.1. The number of carboxylic acids is 1. The van der Waals surface area contributed by atoms with E-state index in [1.807, 2.05) is 43.3 Å². The van der Waals surface area contributed by atoms with Crippen LogP contribution in [0.5, 0.6) is 28.7 Å². The summed E-state index contributed by atoms with van der Waals surface area (Å²) in [7, 11) is 0. The minimum absolute atomic E-state index is 0.420. The van der Waals surface area contributed by atoms with E-state index in [0.29, 0.717) is 56.3 Å². The minimum Gasteiger partial charge on any atom is -0.493 e. The van der Waals surface area contributed by atoms with Crippen molar-refractivity contribution in [2.75, 3.05) is 13.2 Å². The molecular formula is C34H42O6. The summed E-state index contributed by atoms with van der Waals surface area (Å²) in [5, 5.41) is 9.67. The van der Waals surface area contributed by atoms with Gasteiger partial charge in [-0.1, -0.05) is 52.3 Å². The standard InChI is InChI=1S/C34H42O6/c1-5-8-27-22-30(39-28-12-9-25(10-13-28)21-24(3)4)15-16-31(27)38-20-7-19-37-29-14-11-26-17-18-34(6-2,33(35)36)40-32(26)23-29/h9-16,22-24H,5-8,17-21H2,1-4H3,(H,35,36). The predicted octanol–water partition coefficient (Wildman–Crippen LogP) is 8.04. The van der Waals surface area contributed by atoms with E-state index in [2.05, 4.69) is 39.0 Å². The van der Waals surface area contributed by atoms with Gasteiger partial charge in [-0.25, -0.2) is 4.79 Å². The van der Waals surface area contributed by atoms with Gasteiger partial charge in [0, 0.05) is 18.9 Å². The third kappa shape index (κ3) is 7.50. The van der Waals surface area contributed by atoms with Crippen molar-refractivity contribution in [3.05, 3.63) is 77.4 Å². The van der Waals surface area contributed by atoms with Crippen molar-refractivity contribution in [2.45, 2.75) is 78.2 Å². The molecule has 0 radical (unpaired) electrons. The molecule has 0 aliphatic carbocycles. The number of carbonyl (C=O) groups is 1. The number of aliphatic carboxylic acids is 1. The molecule has 1 unspecified atom stereocenters. The van der Waals surface area contributed by atoms with Gasteiger partial charge in [-0.3, -0.25) is 0 Å². The zero-order valence-electron chi connectivity index (χ0n) is 24.2. The maximum absolute atomic E-state index is 11.8. The van der Waals surface area contributed by atoms with Crippen LogP contribution in [-0.4, -0.2) is 29.9 Å². The maximum atomic E-state index is 11.8. The van der Waals surface area contributed by atoms with Crippen molar-refractivity contribution in [3.8, 4) is 28.7 Å². The summed E-state index contributed by atoms with van der Waals surface area (Å²) in [6, 6.07) is 20.0. The Hall–Kier alpha value is -3.67. The molecule has 40 heavy (non-hydrogen) atoms. The van der Waals surface area contributed by atoms with Gasteiger partial charge in [0.2, 0.25) is 5.60 Å². The molecule has 0 fully saturated rings. The molecule has 0 bridgehead atoms. The first-order chi connectivity index (χ1) is 19.3. The van der Waals surface area contributed by atoms with E-state index in [0.717, 1.165) is 47.6 Å². The van der Waals surface area contributed by atoms with Gasteiger partial charge in [0.15, 0.2) is 0 Å². The van der Waals surface area contributed by atoms with E-state index in [1.165, 1.54) is 5.56 Å². The number of ether oxygens (including phenoxy) is 4. The van der Waals surface area contributed by atoms with E-state index in [4.69, 9.17) is 18.9 Å². The highest BCUT2D eigenvalue weighted by atomic mass is 16.5. The van der Waals surface area contributed by atoms with E-state index >= 15 is 0 Å². The number of carboxylic acid groups (broad SMARTS) is 1. The lowest BCUT2D eigenvalue weighted by Gasteiger charge is -2.34. The first-order valence-electron chi connectivity index (χ1n) is 14.5. The Kier molecular flexibility index (Phi) is 9.97. The SMILES string of the molecule is CCCc1cc(Oc2ccc(CC(C)C)cc2)ccc1OCCCOc1ccc2c(c1)OC(CC)(C(=O)O)CC2. The first-order valence-corrected chi connectivity index (χ1v) is 14.5. The van der Waals surface area contributed by atoms with Crippen LogP contribution in [0.1, 0.15) is 70.1 Å². The molecule has 4 rings (SSSR count). The van der Waals surface area contributed by atoms with Crippen LogP contribution >= 0.6 is 0 Å². The molecule has 214 valence electrons. The fraction of sp³-hybridized carbons (Fsp3) is 0.441. The van der Waals surface area contributed by atoms with Gasteiger partial charge in [0.25, 0.3) is 0 Å². The topological polar surface area (TPSA) is 74.2 Å². The molecule has 0 spiro atoms. The molecule has 3 aromatic carbocycles. The van der Waals surface area contributed by atoms with Gasteiger partial charge in [-0.2, -0.15) is 0 Å². The van der Waals surface area contributed by atoms with Crippen LogP contribution in [0.4, 0.5) is 0 Å². The van der Waals surface area contributed by atoms with E-state index in [1.54, 1.807) is 6.07 Å². The fourth-order valence-corrected chi connectivity index (χ4v) is 5.03. The Bertz CT molecular complexity index is 1270. The monoisotopic (exact) mass is 546 g/mol. The zero-order chi connectivity index (χ0) is 28.5. The molecule has 6 nitrogen and oxygen atoms in total. The Morgan fingerprint density at radius 2 is 1.68 bits per heavy atom. The van der Waals surface area contributed by atoms with E-state index < -0.39 is 11.6 Å². The van der Waals surface area contributed by atoms with Crippen LogP contribution in [0.2, 0.25) is 0 Å². The number of benzene rings is 3. The quantitative estimate of drug-likeness (QED) is 0.206. The molecule has 0 saturated carbocycles. The summed E-state index contributed by atoms with van der Waals surface area (Å²) in [4.78, 5) is 11.8. The van der Waals surface area contributed by atoms with Gasteiger partial charge in [0.05, 0.1) is 13.2 Å². The van der Waals surface area contributed by atoms with Gasteiger partial charge in [0.1, 0.15) is 28.7 Å². The third-order valence-corrected chi connectivity index (χ3v) is 7.27. The Balaban J connectivity index is 1.28. The van der Waals surface area contributed by atoms with Crippen molar-refractivity contribution < 1.29 is 28.8 Å². The smallest absolute Gasteiger partial charge is 0.348 e. The molecule has 1 N–H and O–H groups in total. The van der Waals surface area contributed by atoms with Gasteiger partial charge in [-0.05, 0) is 84.7 Å². The summed E-state index contributed by atoms with van der Waals surface area (Å²) in [5.74, 6) is 3.48.